The molecule has 0 saturated carbocycles. The molecule has 2 heterocycles. The molecule has 0 aliphatic heterocycles. The molecule has 20 heteroatoms. The Morgan fingerprint density at radius 3 is 1.56 bits per heavy atom. The van der Waals surface area contributed by atoms with Gasteiger partial charge in [-0.2, -0.15) is 8.42 Å². The molecule has 0 fully saturated rings. The van der Waals surface area contributed by atoms with Gasteiger partial charge in [0.1, 0.15) is 41.8 Å². The maximum Gasteiger partial charge on any atom is 0.414 e. The topological polar surface area (TPSA) is 204 Å². The van der Waals surface area contributed by atoms with Crippen LogP contribution < -0.4 is 35.9 Å². The van der Waals surface area contributed by atoms with Gasteiger partial charge in [0, 0.05) is 93.2 Å². The first-order valence-electron chi connectivity index (χ1n) is 18.0. The van der Waals surface area contributed by atoms with Crippen LogP contribution in [0, 0.1) is 11.6 Å². The third-order valence-electron chi connectivity index (χ3n) is 9.03. The molecule has 0 radical (unpaired) electrons. The molecule has 6 rings (SSSR count). The van der Waals surface area contributed by atoms with Crippen LogP contribution in [0.5, 0.6) is 11.5 Å². The monoisotopic (exact) mass is 869 g/mol. The molecule has 0 aliphatic rings. The zero-order valence-corrected chi connectivity index (χ0v) is 34.0. The highest BCUT2D eigenvalue weighted by Gasteiger charge is 2.21. The molecule has 0 saturated heterocycles. The Balaban J connectivity index is 0.000000234. The third kappa shape index (κ3) is 10.5. The van der Waals surface area contributed by atoms with Crippen LogP contribution in [0.1, 0.15) is 33.4 Å². The van der Waals surface area contributed by atoms with Crippen molar-refractivity contribution in [1.82, 2.24) is 14.5 Å². The van der Waals surface area contributed by atoms with E-state index in [1.54, 1.807) is 6.07 Å². The Bertz CT molecular complexity index is 2870. The lowest BCUT2D eigenvalue weighted by Gasteiger charge is -2.13. The van der Waals surface area contributed by atoms with Crippen molar-refractivity contribution in [2.45, 2.75) is 26.2 Å². The van der Waals surface area contributed by atoms with Crippen molar-refractivity contribution in [2.75, 3.05) is 45.7 Å². The number of nitrogens with one attached hydrogen (secondary N) is 2. The van der Waals surface area contributed by atoms with Crippen molar-refractivity contribution in [3.63, 3.8) is 0 Å². The predicted octanol–water partition coefficient (Wildman–Crippen LogP) is 6.56. The van der Waals surface area contributed by atoms with Gasteiger partial charge >= 0.3 is 23.4 Å². The molecule has 2 aromatic heterocycles. The molecule has 61 heavy (non-hydrogen) atoms. The second kappa shape index (κ2) is 19.0. The van der Waals surface area contributed by atoms with Crippen LogP contribution in [-0.2, 0) is 36.4 Å². The Kier molecular flexibility index (Phi) is 14.1. The van der Waals surface area contributed by atoms with Crippen LogP contribution in [0.25, 0.3) is 21.9 Å². The molecule has 0 spiro atoms. The molecule has 15 nitrogen and oxygen atoms in total. The number of fused-ring (bicyclic) bond motifs is 2. The number of carbonyl (C=O) groups is 2. The predicted molar refractivity (Wildman–Crippen MR) is 218 cm³/mol. The van der Waals surface area contributed by atoms with E-state index < -0.39 is 58.6 Å². The van der Waals surface area contributed by atoms with Crippen molar-refractivity contribution in [2.24, 2.45) is 0 Å². The van der Waals surface area contributed by atoms with Crippen molar-refractivity contribution < 1.29 is 53.9 Å². The molecule has 0 atom stereocenters. The number of hydrogen-bond acceptors (Lipinski definition) is 11. The van der Waals surface area contributed by atoms with Gasteiger partial charge in [-0.3, -0.25) is 4.72 Å². The first kappa shape index (κ1) is 45.2. The minimum absolute atomic E-state index is 0.00328. The van der Waals surface area contributed by atoms with E-state index in [0.717, 1.165) is 7.05 Å². The SMILES string of the molecule is CN(C)C(=O)Oc1ccc2c(CF)c(Cc3cccc(N)c3F)c(=O)oc2c1.CNS(=O)(=O)Nc1cccc(Cc2c(CF)c3ccc(OC(=O)N(C)C)cc3oc2=O)c1F. The second-order valence-corrected chi connectivity index (χ2v) is 15.2. The Morgan fingerprint density at radius 2 is 1.13 bits per heavy atom. The summed E-state index contributed by atoms with van der Waals surface area (Å²) in [4.78, 5) is 50.9. The average Bonchev–Trinajstić information content (AvgIpc) is 3.21. The number of alkyl halides is 2. The summed E-state index contributed by atoms with van der Waals surface area (Å²) in [6.07, 6.45) is -1.76. The fraction of sp³-hybridized carbons (Fsp3) is 0.220. The quantitative estimate of drug-likeness (QED) is 0.0723. The lowest BCUT2D eigenvalue weighted by atomic mass is 9.98. The normalized spacial score (nSPS) is 11.2. The van der Waals surface area contributed by atoms with Gasteiger partial charge in [0.05, 0.1) is 11.4 Å². The molecule has 322 valence electrons. The number of amides is 2. The smallest absolute Gasteiger partial charge is 0.414 e. The number of nitrogens with two attached hydrogens (primary N) is 1. The van der Waals surface area contributed by atoms with Crippen molar-refractivity contribution >= 4 is 55.7 Å². The van der Waals surface area contributed by atoms with E-state index in [9.17, 15) is 45.2 Å². The summed E-state index contributed by atoms with van der Waals surface area (Å²) < 4.78 is 105. The summed E-state index contributed by atoms with van der Waals surface area (Å²) in [5, 5.41) is 0.593. The summed E-state index contributed by atoms with van der Waals surface area (Å²) in [5.41, 5.74) is 3.65. The van der Waals surface area contributed by atoms with Crippen LogP contribution in [0.2, 0.25) is 0 Å². The first-order chi connectivity index (χ1) is 28.9. The minimum atomic E-state index is -3.97. The van der Waals surface area contributed by atoms with Gasteiger partial charge in [-0.15, -0.1) is 0 Å². The van der Waals surface area contributed by atoms with E-state index in [1.165, 1.54) is 105 Å². The zero-order valence-electron chi connectivity index (χ0n) is 33.2. The molecule has 4 N–H and O–H groups in total. The largest absolute Gasteiger partial charge is 0.422 e. The van der Waals surface area contributed by atoms with Crippen molar-refractivity contribution in [3.8, 4) is 11.5 Å². The highest BCUT2D eigenvalue weighted by Crippen LogP contribution is 2.30. The van der Waals surface area contributed by atoms with E-state index in [0.29, 0.717) is 5.39 Å². The maximum atomic E-state index is 14.9. The number of nitrogen functional groups attached to an aromatic ring is 1. The van der Waals surface area contributed by atoms with Gasteiger partial charge in [-0.1, -0.05) is 24.3 Å². The molecule has 2 amide bonds. The molecule has 0 bridgehead atoms. The van der Waals surface area contributed by atoms with E-state index in [1.807, 2.05) is 9.44 Å². The fourth-order valence-electron chi connectivity index (χ4n) is 5.85. The minimum Gasteiger partial charge on any atom is -0.422 e. The Labute approximate surface area is 345 Å². The first-order valence-corrected chi connectivity index (χ1v) is 19.4. The number of ether oxygens (including phenoxy) is 2. The second-order valence-electron chi connectivity index (χ2n) is 13.6. The lowest BCUT2D eigenvalue weighted by Crippen LogP contribution is -2.27. The highest BCUT2D eigenvalue weighted by atomic mass is 32.2. The van der Waals surface area contributed by atoms with E-state index in [-0.39, 0.29) is 85.6 Å². The molecular formula is C41H39F4N5O10S. The molecule has 6 aromatic rings. The maximum absolute atomic E-state index is 14.9. The Morgan fingerprint density at radius 1 is 0.689 bits per heavy atom. The lowest BCUT2D eigenvalue weighted by molar-refractivity contribution is 0.171. The number of halogens is 4. The average molecular weight is 870 g/mol. The summed E-state index contributed by atoms with van der Waals surface area (Å²) in [7, 11) is 3.22. The van der Waals surface area contributed by atoms with Crippen LogP contribution in [0.4, 0.5) is 38.5 Å². The molecular weight excluding hydrogens is 831 g/mol. The standard InChI is InChI=1S/C21H21F2N3O6S.C20H18F2N2O4/c1-24-33(29,30)25-17-6-4-5-12(19(17)23)9-15-16(11-22)14-8-7-13(31-21(28)26(2)3)10-18(14)32-20(15)27;1-24(2)20(26)27-12-6-7-13-15(10-21)14(19(25)28-17(13)9-12)8-11-4-3-5-16(23)18(11)22/h4-8,10,24-25H,9,11H2,1-3H3;3-7,9H,8,10,23H2,1-2H3. The summed E-state index contributed by atoms with van der Waals surface area (Å²) in [6, 6.07) is 16.8. The zero-order chi connectivity index (χ0) is 44.8. The van der Waals surface area contributed by atoms with Crippen molar-refractivity contribution in [3.05, 3.63) is 139 Å². The summed E-state index contributed by atoms with van der Waals surface area (Å²) in [6.45, 7) is -1.99. The number of carbonyl (C=O) groups excluding carboxylic acids is 2. The van der Waals surface area contributed by atoms with Gasteiger partial charge in [0.2, 0.25) is 0 Å². The van der Waals surface area contributed by atoms with Crippen LogP contribution >= 0.6 is 0 Å². The summed E-state index contributed by atoms with van der Waals surface area (Å²) >= 11 is 0. The van der Waals surface area contributed by atoms with Gasteiger partial charge in [-0.25, -0.2) is 41.5 Å². The van der Waals surface area contributed by atoms with Crippen LogP contribution in [-0.4, -0.2) is 65.6 Å². The number of hydrogen-bond donors (Lipinski definition) is 3. The van der Waals surface area contributed by atoms with Gasteiger partial charge in [0.25, 0.3) is 10.2 Å². The van der Waals surface area contributed by atoms with Crippen LogP contribution in [0.15, 0.2) is 91.2 Å². The van der Waals surface area contributed by atoms with E-state index >= 15 is 0 Å². The van der Waals surface area contributed by atoms with Gasteiger partial charge in [0.15, 0.2) is 5.82 Å². The van der Waals surface area contributed by atoms with Crippen molar-refractivity contribution in [1.29, 1.82) is 0 Å². The van der Waals surface area contributed by atoms with Gasteiger partial charge < -0.3 is 33.8 Å². The number of nitrogens with zero attached hydrogens (tertiary/aromatic N) is 2. The van der Waals surface area contributed by atoms with Crippen LogP contribution in [0.3, 0.4) is 0 Å². The number of rotatable bonds is 11. The van der Waals surface area contributed by atoms with E-state index in [4.69, 9.17) is 24.0 Å². The summed E-state index contributed by atoms with van der Waals surface area (Å²) in [5.74, 6) is -1.32. The number of anilines is 2. The fourth-order valence-corrected chi connectivity index (χ4v) is 6.40. The van der Waals surface area contributed by atoms with Gasteiger partial charge in [-0.05, 0) is 47.5 Å². The third-order valence-corrected chi connectivity index (χ3v) is 10.1. The highest BCUT2D eigenvalue weighted by molar-refractivity contribution is 7.90. The molecule has 4 aromatic carbocycles. The molecule has 0 unspecified atom stereocenters. The molecule has 0 aliphatic carbocycles. The number of benzene rings is 4. The van der Waals surface area contributed by atoms with E-state index in [2.05, 4.69) is 0 Å². The Hall–Kier alpha value is -6.93.